The van der Waals surface area contributed by atoms with E-state index >= 15 is 0 Å². The molecule has 0 amide bonds. The first kappa shape index (κ1) is 13.5. The molecule has 0 saturated heterocycles. The van der Waals surface area contributed by atoms with Crippen LogP contribution in [0, 0.1) is 11.2 Å². The SMILES string of the molecule is CC(NC1CC(c2ccccc2F)C1)C(C)(C)C. The summed E-state index contributed by atoms with van der Waals surface area (Å²) in [6.45, 7) is 8.98. The van der Waals surface area contributed by atoms with Gasteiger partial charge in [-0.2, -0.15) is 0 Å². The first-order valence-corrected chi connectivity index (χ1v) is 6.88. The summed E-state index contributed by atoms with van der Waals surface area (Å²) in [7, 11) is 0. The van der Waals surface area contributed by atoms with E-state index in [-0.39, 0.29) is 11.2 Å². The molecule has 0 aliphatic heterocycles. The standard InChI is InChI=1S/C16H24FN/c1-11(16(2,3)4)18-13-9-12(10-13)14-7-5-6-8-15(14)17/h5-8,11-13,18H,9-10H2,1-4H3. The van der Waals surface area contributed by atoms with Gasteiger partial charge in [0.1, 0.15) is 5.82 Å². The first-order chi connectivity index (χ1) is 8.38. The topological polar surface area (TPSA) is 12.0 Å². The number of nitrogens with one attached hydrogen (secondary N) is 1. The molecule has 2 rings (SSSR count). The van der Waals surface area contributed by atoms with Gasteiger partial charge in [-0.15, -0.1) is 0 Å². The third kappa shape index (κ3) is 2.92. The Morgan fingerprint density at radius 3 is 2.39 bits per heavy atom. The van der Waals surface area contributed by atoms with Gasteiger partial charge in [-0.05, 0) is 42.7 Å². The summed E-state index contributed by atoms with van der Waals surface area (Å²) in [5.41, 5.74) is 1.17. The molecule has 1 atom stereocenters. The smallest absolute Gasteiger partial charge is 0.126 e. The summed E-state index contributed by atoms with van der Waals surface area (Å²) in [5, 5.41) is 3.65. The van der Waals surface area contributed by atoms with Crippen LogP contribution in [-0.2, 0) is 0 Å². The summed E-state index contributed by atoms with van der Waals surface area (Å²) < 4.78 is 13.6. The van der Waals surface area contributed by atoms with Crippen LogP contribution in [0.2, 0.25) is 0 Å². The van der Waals surface area contributed by atoms with Crippen molar-refractivity contribution in [1.82, 2.24) is 5.32 Å². The van der Waals surface area contributed by atoms with Crippen molar-refractivity contribution in [2.75, 3.05) is 0 Å². The third-order valence-electron chi connectivity index (χ3n) is 4.27. The lowest BCUT2D eigenvalue weighted by atomic mass is 9.74. The average Bonchev–Trinajstić information content (AvgIpc) is 2.22. The molecule has 1 aromatic rings. The lowest BCUT2D eigenvalue weighted by Crippen LogP contribution is -2.49. The van der Waals surface area contributed by atoms with E-state index in [2.05, 4.69) is 33.0 Å². The van der Waals surface area contributed by atoms with Crippen molar-refractivity contribution in [3.8, 4) is 0 Å². The van der Waals surface area contributed by atoms with Crippen molar-refractivity contribution in [3.05, 3.63) is 35.6 Å². The van der Waals surface area contributed by atoms with E-state index in [4.69, 9.17) is 0 Å². The largest absolute Gasteiger partial charge is 0.311 e. The van der Waals surface area contributed by atoms with Gasteiger partial charge < -0.3 is 5.32 Å². The molecule has 100 valence electrons. The first-order valence-electron chi connectivity index (χ1n) is 6.88. The number of hydrogen-bond acceptors (Lipinski definition) is 1. The summed E-state index contributed by atoms with van der Waals surface area (Å²) in [6.07, 6.45) is 2.11. The maximum atomic E-state index is 13.6. The Labute approximate surface area is 110 Å². The van der Waals surface area contributed by atoms with Crippen LogP contribution >= 0.6 is 0 Å². The molecule has 1 aliphatic carbocycles. The predicted octanol–water partition coefficient (Wildman–Crippen LogP) is 4.10. The van der Waals surface area contributed by atoms with Gasteiger partial charge in [-0.1, -0.05) is 39.0 Å². The summed E-state index contributed by atoms with van der Waals surface area (Å²) in [6, 6.07) is 8.20. The molecule has 1 unspecified atom stereocenters. The molecular weight excluding hydrogens is 225 g/mol. The maximum Gasteiger partial charge on any atom is 0.126 e. The van der Waals surface area contributed by atoms with Gasteiger partial charge in [-0.3, -0.25) is 0 Å². The second-order valence-corrected chi connectivity index (χ2v) is 6.64. The fourth-order valence-corrected chi connectivity index (χ4v) is 2.42. The summed E-state index contributed by atoms with van der Waals surface area (Å²) in [5.74, 6) is 0.348. The molecular formula is C16H24FN. The van der Waals surface area contributed by atoms with Gasteiger partial charge in [-0.25, -0.2) is 4.39 Å². The molecule has 1 aliphatic rings. The number of halogens is 1. The Balaban J connectivity index is 1.86. The van der Waals surface area contributed by atoms with Gasteiger partial charge in [0.25, 0.3) is 0 Å². The Hall–Kier alpha value is -0.890. The van der Waals surface area contributed by atoms with Gasteiger partial charge in [0.2, 0.25) is 0 Å². The molecule has 0 bridgehead atoms. The number of hydrogen-bond donors (Lipinski definition) is 1. The molecule has 1 fully saturated rings. The number of benzene rings is 1. The fourth-order valence-electron chi connectivity index (χ4n) is 2.42. The van der Waals surface area contributed by atoms with E-state index < -0.39 is 0 Å². The van der Waals surface area contributed by atoms with Crippen molar-refractivity contribution < 1.29 is 4.39 Å². The molecule has 1 aromatic carbocycles. The zero-order valence-electron chi connectivity index (χ0n) is 11.8. The molecule has 0 radical (unpaired) electrons. The zero-order valence-corrected chi connectivity index (χ0v) is 11.8. The lowest BCUT2D eigenvalue weighted by molar-refractivity contribution is 0.201. The second kappa shape index (κ2) is 5.00. The molecule has 1 saturated carbocycles. The quantitative estimate of drug-likeness (QED) is 0.850. The zero-order chi connectivity index (χ0) is 13.3. The molecule has 18 heavy (non-hydrogen) atoms. The van der Waals surface area contributed by atoms with E-state index in [1.807, 2.05) is 12.1 Å². The number of rotatable bonds is 3. The average molecular weight is 249 g/mol. The Bertz CT molecular complexity index is 402. The maximum absolute atomic E-state index is 13.6. The van der Waals surface area contributed by atoms with E-state index in [1.54, 1.807) is 12.1 Å². The predicted molar refractivity (Wildman–Crippen MR) is 74.2 cm³/mol. The van der Waals surface area contributed by atoms with Crippen molar-refractivity contribution in [2.24, 2.45) is 5.41 Å². The van der Waals surface area contributed by atoms with E-state index in [0.717, 1.165) is 18.4 Å². The van der Waals surface area contributed by atoms with Crippen molar-refractivity contribution in [3.63, 3.8) is 0 Å². The highest BCUT2D eigenvalue weighted by atomic mass is 19.1. The minimum Gasteiger partial charge on any atom is -0.311 e. The third-order valence-corrected chi connectivity index (χ3v) is 4.27. The van der Waals surface area contributed by atoms with Crippen LogP contribution in [0.5, 0.6) is 0 Å². The van der Waals surface area contributed by atoms with Crippen LogP contribution in [0.1, 0.15) is 52.0 Å². The molecule has 2 heteroatoms. The van der Waals surface area contributed by atoms with Crippen molar-refractivity contribution in [1.29, 1.82) is 0 Å². The van der Waals surface area contributed by atoms with Crippen LogP contribution in [0.25, 0.3) is 0 Å². The Kier molecular flexibility index (Phi) is 3.76. The Morgan fingerprint density at radius 1 is 1.22 bits per heavy atom. The molecule has 0 spiro atoms. The van der Waals surface area contributed by atoms with Crippen LogP contribution in [0.15, 0.2) is 24.3 Å². The van der Waals surface area contributed by atoms with Gasteiger partial charge in [0.05, 0.1) is 0 Å². The molecule has 0 aromatic heterocycles. The van der Waals surface area contributed by atoms with Crippen molar-refractivity contribution in [2.45, 2.75) is 58.5 Å². The van der Waals surface area contributed by atoms with Crippen LogP contribution in [0.4, 0.5) is 4.39 Å². The molecule has 0 heterocycles. The summed E-state index contributed by atoms with van der Waals surface area (Å²) in [4.78, 5) is 0. The minimum atomic E-state index is -0.0511. The molecule has 1 N–H and O–H groups in total. The fraction of sp³-hybridized carbons (Fsp3) is 0.625. The normalized spacial score (nSPS) is 25.6. The lowest BCUT2D eigenvalue weighted by Gasteiger charge is -2.41. The highest BCUT2D eigenvalue weighted by Gasteiger charge is 2.34. The van der Waals surface area contributed by atoms with Gasteiger partial charge in [0.15, 0.2) is 0 Å². The highest BCUT2D eigenvalue weighted by molar-refractivity contribution is 5.24. The van der Waals surface area contributed by atoms with Gasteiger partial charge in [0, 0.05) is 12.1 Å². The van der Waals surface area contributed by atoms with Crippen molar-refractivity contribution >= 4 is 0 Å². The van der Waals surface area contributed by atoms with Gasteiger partial charge >= 0.3 is 0 Å². The van der Waals surface area contributed by atoms with Crippen LogP contribution < -0.4 is 5.32 Å². The van der Waals surface area contributed by atoms with E-state index in [9.17, 15) is 4.39 Å². The Morgan fingerprint density at radius 2 is 1.83 bits per heavy atom. The molecule has 1 nitrogen and oxygen atoms in total. The van der Waals surface area contributed by atoms with Crippen LogP contribution in [-0.4, -0.2) is 12.1 Å². The summed E-state index contributed by atoms with van der Waals surface area (Å²) >= 11 is 0. The van der Waals surface area contributed by atoms with Crippen LogP contribution in [0.3, 0.4) is 0 Å². The second-order valence-electron chi connectivity index (χ2n) is 6.64. The van der Waals surface area contributed by atoms with E-state index in [0.29, 0.717) is 18.0 Å². The highest BCUT2D eigenvalue weighted by Crippen LogP contribution is 2.38. The monoisotopic (exact) mass is 249 g/mol. The minimum absolute atomic E-state index is 0.0511. The van der Waals surface area contributed by atoms with E-state index in [1.165, 1.54) is 0 Å².